The van der Waals surface area contributed by atoms with Crippen LogP contribution in [0, 0.1) is 5.92 Å². The molecular weight excluding hydrogens is 360 g/mol. The lowest BCUT2D eigenvalue weighted by Gasteiger charge is -2.33. The molecule has 7 nitrogen and oxygen atoms in total. The first kappa shape index (κ1) is 16.6. The van der Waals surface area contributed by atoms with Gasteiger partial charge in [0.15, 0.2) is 11.0 Å². The minimum atomic E-state index is -3.64. The standard InChI is InChI=1S/C16H18N4O3S2/c21-15(18-16-17-7-9-24-16)11-4-3-8-20(10-11)14-12-5-1-2-6-13(12)25(22,23)19-14/h1-2,5-6,11H,3-4,7-10H2,(H,17,18,21)/t11-/m0/s1. The van der Waals surface area contributed by atoms with Gasteiger partial charge in [-0.2, -0.15) is 8.42 Å². The van der Waals surface area contributed by atoms with E-state index in [9.17, 15) is 13.2 Å². The molecule has 0 bridgehead atoms. The normalized spacial score (nSPS) is 24.5. The number of thioether (sulfide) groups is 1. The monoisotopic (exact) mass is 378 g/mol. The Labute approximate surface area is 150 Å². The number of hydrogen-bond acceptors (Lipinski definition) is 6. The summed E-state index contributed by atoms with van der Waals surface area (Å²) in [4.78, 5) is 18.9. The number of carbonyl (C=O) groups excluding carboxylic acids is 1. The molecule has 4 rings (SSSR count). The number of nitrogens with zero attached hydrogens (tertiary/aromatic N) is 3. The minimum absolute atomic E-state index is 0.0485. The molecule has 1 saturated heterocycles. The number of aliphatic imine (C=N–C) groups is 1. The topological polar surface area (TPSA) is 91.2 Å². The number of hydrogen-bond donors (Lipinski definition) is 1. The van der Waals surface area contributed by atoms with Crippen molar-refractivity contribution in [2.75, 3.05) is 25.4 Å². The van der Waals surface area contributed by atoms with E-state index in [1.165, 1.54) is 0 Å². The summed E-state index contributed by atoms with van der Waals surface area (Å²) in [6.07, 6.45) is 1.60. The largest absolute Gasteiger partial charge is 0.355 e. The summed E-state index contributed by atoms with van der Waals surface area (Å²) in [5, 5.41) is 3.57. The Balaban J connectivity index is 1.53. The molecule has 1 N–H and O–H groups in total. The molecule has 0 saturated carbocycles. The number of piperidine rings is 1. The van der Waals surface area contributed by atoms with Gasteiger partial charge in [-0.3, -0.25) is 9.79 Å². The van der Waals surface area contributed by atoms with Gasteiger partial charge in [0.2, 0.25) is 5.91 Å². The molecule has 25 heavy (non-hydrogen) atoms. The van der Waals surface area contributed by atoms with Gasteiger partial charge in [0.1, 0.15) is 4.90 Å². The SMILES string of the molecule is O=C(NC1=NCCS1)[C@H]1CCCN(C2=NS(=O)(=O)c3ccccc32)C1. The first-order valence-electron chi connectivity index (χ1n) is 8.22. The summed E-state index contributed by atoms with van der Waals surface area (Å²) >= 11 is 1.55. The molecule has 0 aliphatic carbocycles. The zero-order chi connectivity index (χ0) is 17.4. The molecule has 1 aromatic rings. The van der Waals surface area contributed by atoms with E-state index in [0.717, 1.165) is 25.1 Å². The van der Waals surface area contributed by atoms with Crippen molar-refractivity contribution in [3.8, 4) is 0 Å². The number of nitrogens with one attached hydrogen (secondary N) is 1. The van der Waals surface area contributed by atoms with Crippen molar-refractivity contribution in [1.29, 1.82) is 0 Å². The van der Waals surface area contributed by atoms with Gasteiger partial charge in [-0.1, -0.05) is 23.9 Å². The molecule has 1 fully saturated rings. The average molecular weight is 378 g/mol. The van der Waals surface area contributed by atoms with Crippen LogP contribution in [0.4, 0.5) is 0 Å². The van der Waals surface area contributed by atoms with Gasteiger partial charge in [0.25, 0.3) is 10.0 Å². The van der Waals surface area contributed by atoms with Crippen molar-refractivity contribution in [1.82, 2.24) is 10.2 Å². The first-order chi connectivity index (χ1) is 12.0. The summed E-state index contributed by atoms with van der Waals surface area (Å²) in [7, 11) is -3.64. The summed E-state index contributed by atoms with van der Waals surface area (Å²) in [5.74, 6) is 1.11. The maximum absolute atomic E-state index is 12.5. The summed E-state index contributed by atoms with van der Waals surface area (Å²) in [5.41, 5.74) is 0.624. The van der Waals surface area contributed by atoms with Crippen LogP contribution in [-0.2, 0) is 14.8 Å². The fourth-order valence-electron chi connectivity index (χ4n) is 3.32. The molecule has 3 aliphatic heterocycles. The molecule has 0 unspecified atom stereocenters. The molecule has 1 aromatic carbocycles. The maximum atomic E-state index is 12.5. The number of rotatable bonds is 1. The first-order valence-corrected chi connectivity index (χ1v) is 10.6. The van der Waals surface area contributed by atoms with E-state index in [4.69, 9.17) is 0 Å². The fourth-order valence-corrected chi connectivity index (χ4v) is 5.28. The van der Waals surface area contributed by atoms with Crippen LogP contribution in [0.15, 0.2) is 38.6 Å². The predicted octanol–water partition coefficient (Wildman–Crippen LogP) is 1.07. The Hall–Kier alpha value is -1.87. The Morgan fingerprint density at radius 3 is 2.96 bits per heavy atom. The van der Waals surface area contributed by atoms with E-state index in [1.807, 2.05) is 4.90 Å². The number of amides is 1. The summed E-state index contributed by atoms with van der Waals surface area (Å²) < 4.78 is 28.4. The smallest absolute Gasteiger partial charge is 0.285 e. The number of likely N-dealkylation sites (tertiary alicyclic amines) is 1. The molecule has 3 aliphatic rings. The molecule has 9 heteroatoms. The van der Waals surface area contributed by atoms with Crippen molar-refractivity contribution in [3.63, 3.8) is 0 Å². The van der Waals surface area contributed by atoms with Crippen molar-refractivity contribution in [2.24, 2.45) is 15.3 Å². The van der Waals surface area contributed by atoms with Crippen LogP contribution in [0.3, 0.4) is 0 Å². The number of amidine groups is 2. The highest BCUT2D eigenvalue weighted by Gasteiger charge is 2.35. The summed E-state index contributed by atoms with van der Waals surface area (Å²) in [6.45, 7) is 1.90. The van der Waals surface area contributed by atoms with E-state index >= 15 is 0 Å². The van der Waals surface area contributed by atoms with Gasteiger partial charge in [0.05, 0.1) is 12.5 Å². The molecular formula is C16H18N4O3S2. The predicted molar refractivity (Wildman–Crippen MR) is 97.4 cm³/mol. The molecule has 0 radical (unpaired) electrons. The van der Waals surface area contributed by atoms with Gasteiger partial charge < -0.3 is 10.2 Å². The lowest BCUT2D eigenvalue weighted by atomic mass is 9.96. The molecule has 0 spiro atoms. The maximum Gasteiger partial charge on any atom is 0.285 e. The fraction of sp³-hybridized carbons (Fsp3) is 0.438. The quantitative estimate of drug-likeness (QED) is 0.789. The van der Waals surface area contributed by atoms with Gasteiger partial charge in [0, 0.05) is 24.4 Å². The van der Waals surface area contributed by atoms with Crippen LogP contribution in [0.1, 0.15) is 18.4 Å². The third-order valence-electron chi connectivity index (χ3n) is 4.52. The highest BCUT2D eigenvalue weighted by molar-refractivity contribution is 8.14. The van der Waals surface area contributed by atoms with Crippen LogP contribution < -0.4 is 5.32 Å². The van der Waals surface area contributed by atoms with Crippen molar-refractivity contribution in [2.45, 2.75) is 17.7 Å². The van der Waals surface area contributed by atoms with E-state index < -0.39 is 10.0 Å². The molecule has 132 valence electrons. The number of fused-ring (bicyclic) bond motifs is 1. The second kappa shape index (κ2) is 6.45. The number of carbonyl (C=O) groups is 1. The van der Waals surface area contributed by atoms with Gasteiger partial charge >= 0.3 is 0 Å². The lowest BCUT2D eigenvalue weighted by Crippen LogP contribution is -2.46. The van der Waals surface area contributed by atoms with Crippen LogP contribution in [-0.4, -0.2) is 55.6 Å². The zero-order valence-corrected chi connectivity index (χ0v) is 15.1. The number of sulfonamides is 1. The van der Waals surface area contributed by atoms with Crippen LogP contribution in [0.2, 0.25) is 0 Å². The van der Waals surface area contributed by atoms with Gasteiger partial charge in [-0.25, -0.2) is 0 Å². The lowest BCUT2D eigenvalue weighted by molar-refractivity contribution is -0.124. The minimum Gasteiger partial charge on any atom is -0.355 e. The molecule has 3 heterocycles. The Morgan fingerprint density at radius 2 is 2.16 bits per heavy atom. The van der Waals surface area contributed by atoms with Crippen molar-refractivity contribution < 1.29 is 13.2 Å². The van der Waals surface area contributed by atoms with Crippen molar-refractivity contribution >= 4 is 38.7 Å². The summed E-state index contributed by atoms with van der Waals surface area (Å²) in [6, 6.07) is 6.84. The van der Waals surface area contributed by atoms with Gasteiger partial charge in [-0.05, 0) is 25.0 Å². The van der Waals surface area contributed by atoms with Crippen LogP contribution in [0.25, 0.3) is 0 Å². The molecule has 0 aromatic heterocycles. The molecule has 1 atom stereocenters. The van der Waals surface area contributed by atoms with Crippen LogP contribution in [0.5, 0.6) is 0 Å². The average Bonchev–Trinajstić information content (AvgIpc) is 3.21. The van der Waals surface area contributed by atoms with E-state index in [-0.39, 0.29) is 16.7 Å². The second-order valence-electron chi connectivity index (χ2n) is 6.20. The van der Waals surface area contributed by atoms with E-state index in [0.29, 0.717) is 29.7 Å². The van der Waals surface area contributed by atoms with Crippen molar-refractivity contribution in [3.05, 3.63) is 29.8 Å². The Morgan fingerprint density at radius 1 is 1.32 bits per heavy atom. The molecule has 1 amide bonds. The Bertz CT molecular complexity index is 879. The van der Waals surface area contributed by atoms with E-state index in [2.05, 4.69) is 14.7 Å². The third kappa shape index (κ3) is 3.18. The Kier molecular flexibility index (Phi) is 4.28. The van der Waals surface area contributed by atoms with E-state index in [1.54, 1.807) is 36.0 Å². The third-order valence-corrected chi connectivity index (χ3v) is 6.74. The highest BCUT2D eigenvalue weighted by atomic mass is 32.2. The highest BCUT2D eigenvalue weighted by Crippen LogP contribution is 2.29. The van der Waals surface area contributed by atoms with Crippen LogP contribution >= 0.6 is 11.8 Å². The number of benzene rings is 1. The second-order valence-corrected chi connectivity index (χ2v) is 8.85. The van der Waals surface area contributed by atoms with Gasteiger partial charge in [-0.15, -0.1) is 4.40 Å². The zero-order valence-electron chi connectivity index (χ0n) is 13.5.